The monoisotopic (exact) mass is 302 g/mol. The van der Waals surface area contributed by atoms with Gasteiger partial charge in [0, 0.05) is 6.42 Å². The fourth-order valence-electron chi connectivity index (χ4n) is 5.50. The van der Waals surface area contributed by atoms with Crippen LogP contribution in [0.2, 0.25) is 0 Å². The molecule has 0 saturated heterocycles. The molecule has 4 rings (SSSR count). The van der Waals surface area contributed by atoms with Gasteiger partial charge in [-0.2, -0.15) is 0 Å². The first-order valence-electron chi connectivity index (χ1n) is 9.23. The number of ketones is 1. The van der Waals surface area contributed by atoms with Crippen molar-refractivity contribution in [2.24, 2.45) is 17.3 Å². The second-order valence-electron chi connectivity index (χ2n) is 7.49. The molecule has 4 unspecified atom stereocenters. The predicted molar refractivity (Wildman–Crippen MR) is 89.5 cm³/mol. The molecule has 2 saturated carbocycles. The summed E-state index contributed by atoms with van der Waals surface area (Å²) in [5, 5.41) is 10.4. The summed E-state index contributed by atoms with van der Waals surface area (Å²) >= 11 is 0. The average Bonchev–Trinajstić information content (AvgIpc) is 2.84. The third-order valence-corrected chi connectivity index (χ3v) is 6.68. The van der Waals surface area contributed by atoms with Gasteiger partial charge in [-0.3, -0.25) is 4.79 Å². The molecule has 0 spiro atoms. The smallest absolute Gasteiger partial charge is 0.156 e. The van der Waals surface area contributed by atoms with E-state index in [1.807, 2.05) is 19.9 Å². The van der Waals surface area contributed by atoms with Crippen LogP contribution in [0, 0.1) is 17.3 Å². The predicted octanol–water partition coefficient (Wildman–Crippen LogP) is 4.58. The number of hydrogen-bond acceptors (Lipinski definition) is 2. The van der Waals surface area contributed by atoms with Gasteiger partial charge in [-0.05, 0) is 79.4 Å². The number of carbonyl (C=O) groups excluding carboxylic acids is 1. The molecule has 2 fully saturated rings. The Labute approximate surface area is 134 Å². The lowest BCUT2D eigenvalue weighted by atomic mass is 9.57. The van der Waals surface area contributed by atoms with E-state index >= 15 is 0 Å². The molecule has 0 radical (unpaired) electrons. The van der Waals surface area contributed by atoms with E-state index in [9.17, 15) is 9.90 Å². The van der Waals surface area contributed by atoms with Crippen molar-refractivity contribution in [2.45, 2.75) is 78.2 Å². The highest BCUT2D eigenvalue weighted by molar-refractivity contribution is 5.93. The van der Waals surface area contributed by atoms with Gasteiger partial charge in [-0.15, -0.1) is 0 Å². The van der Waals surface area contributed by atoms with Gasteiger partial charge in [0.05, 0.1) is 6.10 Å². The van der Waals surface area contributed by atoms with E-state index < -0.39 is 0 Å². The summed E-state index contributed by atoms with van der Waals surface area (Å²) in [5.41, 5.74) is 4.69. The Hall–Kier alpha value is -0.890. The quantitative estimate of drug-likeness (QED) is 0.711. The Kier molecular flexibility index (Phi) is 4.33. The Morgan fingerprint density at radius 2 is 1.86 bits per heavy atom. The first-order chi connectivity index (χ1) is 10.6. The molecule has 2 nitrogen and oxygen atoms in total. The van der Waals surface area contributed by atoms with E-state index in [0.29, 0.717) is 24.0 Å². The van der Waals surface area contributed by atoms with E-state index in [1.165, 1.54) is 24.0 Å². The first-order valence-corrected chi connectivity index (χ1v) is 9.23. The number of allylic oxidation sites excluding steroid dienone is 4. The van der Waals surface area contributed by atoms with Gasteiger partial charge in [0.2, 0.25) is 0 Å². The van der Waals surface area contributed by atoms with Gasteiger partial charge in [0.15, 0.2) is 5.78 Å². The highest BCUT2D eigenvalue weighted by atomic mass is 16.3. The molecule has 122 valence electrons. The zero-order valence-corrected chi connectivity index (χ0v) is 14.3. The van der Waals surface area contributed by atoms with Crippen molar-refractivity contribution in [3.63, 3.8) is 0 Å². The van der Waals surface area contributed by atoms with Crippen LogP contribution in [0.4, 0.5) is 0 Å². The van der Waals surface area contributed by atoms with Crippen molar-refractivity contribution in [1.29, 1.82) is 0 Å². The minimum Gasteiger partial charge on any atom is -0.393 e. The van der Waals surface area contributed by atoms with Gasteiger partial charge in [0.1, 0.15) is 0 Å². The van der Waals surface area contributed by atoms with Crippen LogP contribution in [0.1, 0.15) is 72.1 Å². The first kappa shape index (κ1) is 16.0. The molecule has 2 heteroatoms. The van der Waals surface area contributed by atoms with Crippen molar-refractivity contribution in [3.05, 3.63) is 22.8 Å². The number of aliphatic hydroxyl groups is 1. The van der Waals surface area contributed by atoms with E-state index in [4.69, 9.17) is 0 Å². The van der Waals surface area contributed by atoms with E-state index in [-0.39, 0.29) is 11.5 Å². The van der Waals surface area contributed by atoms with Crippen LogP contribution in [0.5, 0.6) is 0 Å². The van der Waals surface area contributed by atoms with E-state index in [2.05, 4.69) is 6.92 Å². The second kappa shape index (κ2) is 5.96. The molecular formula is C20H30O2. The molecule has 0 aromatic rings. The normalized spacial score (nSPS) is 40.1. The van der Waals surface area contributed by atoms with E-state index in [0.717, 1.165) is 32.1 Å². The maximum atomic E-state index is 11.6. The number of rotatable bonds is 0. The van der Waals surface area contributed by atoms with Crippen LogP contribution in [-0.4, -0.2) is 17.0 Å². The summed E-state index contributed by atoms with van der Waals surface area (Å²) in [5.74, 6) is 1.68. The second-order valence-corrected chi connectivity index (χ2v) is 7.49. The van der Waals surface area contributed by atoms with Crippen molar-refractivity contribution in [1.82, 2.24) is 0 Å². The fraction of sp³-hybridized carbons (Fsp3) is 0.750. The van der Waals surface area contributed by atoms with Crippen molar-refractivity contribution in [2.75, 3.05) is 0 Å². The summed E-state index contributed by atoms with van der Waals surface area (Å²) in [6.45, 7) is 6.31. The van der Waals surface area contributed by atoms with Crippen LogP contribution in [-0.2, 0) is 4.79 Å². The summed E-state index contributed by atoms with van der Waals surface area (Å²) in [6, 6.07) is 0. The van der Waals surface area contributed by atoms with Crippen LogP contribution >= 0.6 is 0 Å². The largest absolute Gasteiger partial charge is 0.393 e. The summed E-state index contributed by atoms with van der Waals surface area (Å²) < 4.78 is 0. The molecule has 4 aliphatic carbocycles. The molecule has 0 bridgehead atoms. The zero-order chi connectivity index (χ0) is 15.9. The third kappa shape index (κ3) is 2.31. The zero-order valence-electron chi connectivity index (χ0n) is 14.3. The molecule has 4 aliphatic rings. The standard InChI is InChI=1S/C18H24O2.C2H6/c1-18-9-8-14-13-5-3-12(19)10-11(13)2-4-15(14)16(18)6-7-17(18)20;1-2/h10,15-17,20H,2-9H2,1H3;1-2H3. The average molecular weight is 302 g/mol. The van der Waals surface area contributed by atoms with Crippen molar-refractivity contribution < 1.29 is 9.90 Å². The van der Waals surface area contributed by atoms with Gasteiger partial charge in [0.25, 0.3) is 0 Å². The van der Waals surface area contributed by atoms with Crippen LogP contribution in [0.3, 0.4) is 0 Å². The van der Waals surface area contributed by atoms with Gasteiger partial charge < -0.3 is 5.11 Å². The molecular weight excluding hydrogens is 272 g/mol. The number of aliphatic hydroxyl groups excluding tert-OH is 1. The van der Waals surface area contributed by atoms with Gasteiger partial charge >= 0.3 is 0 Å². The Balaban J connectivity index is 0.000000693. The lowest BCUT2D eigenvalue weighted by Crippen LogP contribution is -2.42. The molecule has 1 N–H and O–H groups in total. The number of hydrogen-bond donors (Lipinski definition) is 1. The topological polar surface area (TPSA) is 37.3 Å². The lowest BCUT2D eigenvalue weighted by molar-refractivity contribution is -0.114. The molecule has 4 atom stereocenters. The highest BCUT2D eigenvalue weighted by Gasteiger charge is 2.53. The number of fused-ring (bicyclic) bond motifs is 4. The highest BCUT2D eigenvalue weighted by Crippen LogP contribution is 2.59. The minimum absolute atomic E-state index is 0.0936. The number of carbonyl (C=O) groups is 1. The summed E-state index contributed by atoms with van der Waals surface area (Å²) in [7, 11) is 0. The molecule has 0 aromatic carbocycles. The lowest BCUT2D eigenvalue weighted by Gasteiger charge is -2.48. The third-order valence-electron chi connectivity index (χ3n) is 6.68. The Morgan fingerprint density at radius 1 is 1.09 bits per heavy atom. The van der Waals surface area contributed by atoms with Crippen LogP contribution < -0.4 is 0 Å². The molecule has 0 heterocycles. The Morgan fingerprint density at radius 3 is 2.64 bits per heavy atom. The van der Waals surface area contributed by atoms with Crippen LogP contribution in [0.25, 0.3) is 0 Å². The molecule has 0 aromatic heterocycles. The Bertz CT molecular complexity index is 528. The maximum Gasteiger partial charge on any atom is 0.156 e. The molecule has 0 amide bonds. The summed E-state index contributed by atoms with van der Waals surface area (Å²) in [4.78, 5) is 11.6. The van der Waals surface area contributed by atoms with E-state index in [1.54, 1.807) is 5.57 Å². The van der Waals surface area contributed by atoms with Crippen molar-refractivity contribution >= 4 is 5.78 Å². The fourth-order valence-corrected chi connectivity index (χ4v) is 5.50. The molecule has 0 aliphatic heterocycles. The summed E-state index contributed by atoms with van der Waals surface area (Å²) in [6.07, 6.45) is 10.2. The van der Waals surface area contributed by atoms with Crippen molar-refractivity contribution in [3.8, 4) is 0 Å². The van der Waals surface area contributed by atoms with Crippen LogP contribution in [0.15, 0.2) is 22.8 Å². The minimum atomic E-state index is -0.0936. The SMILES string of the molecule is CC.CC12CCC3=C4CCC(=O)C=C4CCC3C1CCC2O. The maximum absolute atomic E-state index is 11.6. The van der Waals surface area contributed by atoms with Gasteiger partial charge in [-0.1, -0.05) is 26.3 Å². The molecule has 22 heavy (non-hydrogen) atoms. The van der Waals surface area contributed by atoms with Gasteiger partial charge in [-0.25, -0.2) is 0 Å².